The van der Waals surface area contributed by atoms with Crippen molar-refractivity contribution in [2.24, 2.45) is 0 Å². The summed E-state index contributed by atoms with van der Waals surface area (Å²) < 4.78 is 11.4. The van der Waals surface area contributed by atoms with Gasteiger partial charge in [0.05, 0.1) is 10.7 Å². The second-order valence-corrected chi connectivity index (χ2v) is 7.17. The van der Waals surface area contributed by atoms with Gasteiger partial charge in [-0.05, 0) is 49.9 Å². The normalized spacial score (nSPS) is 11.1. The second-order valence-electron chi connectivity index (χ2n) is 6.12. The summed E-state index contributed by atoms with van der Waals surface area (Å²) >= 11 is 1.64. The van der Waals surface area contributed by atoms with Gasteiger partial charge in [0.15, 0.2) is 0 Å². The molecule has 0 bridgehead atoms. The minimum absolute atomic E-state index is 0.562. The van der Waals surface area contributed by atoms with Crippen LogP contribution in [0.4, 0.5) is 0 Å². The molecule has 0 saturated carbocycles. The Hall–Kier alpha value is -2.21. The highest BCUT2D eigenvalue weighted by molar-refractivity contribution is 7.13. The molecule has 0 aliphatic carbocycles. The summed E-state index contributed by atoms with van der Waals surface area (Å²) in [7, 11) is 0. The number of hydrogen-bond acceptors (Lipinski definition) is 6. The molecule has 3 aromatic rings. The Labute approximate surface area is 152 Å². The Morgan fingerprint density at radius 1 is 1.08 bits per heavy atom. The van der Waals surface area contributed by atoms with Crippen LogP contribution in [0.15, 0.2) is 16.7 Å². The van der Waals surface area contributed by atoms with Gasteiger partial charge in [0.2, 0.25) is 16.8 Å². The van der Waals surface area contributed by atoms with E-state index in [1.54, 1.807) is 18.3 Å². The van der Waals surface area contributed by atoms with Crippen molar-refractivity contribution < 1.29 is 9.26 Å². The molecular weight excluding hydrogens is 334 g/mol. The lowest BCUT2D eigenvalue weighted by Gasteiger charge is -2.12. The van der Waals surface area contributed by atoms with Crippen LogP contribution in [0.5, 0.6) is 10.8 Å². The zero-order valence-corrected chi connectivity index (χ0v) is 16.2. The van der Waals surface area contributed by atoms with Crippen molar-refractivity contribution in [3.63, 3.8) is 0 Å². The third-order valence-corrected chi connectivity index (χ3v) is 5.06. The van der Waals surface area contributed by atoms with Gasteiger partial charge in [-0.15, -0.1) is 0 Å². The highest BCUT2D eigenvalue weighted by Gasteiger charge is 2.16. The first-order chi connectivity index (χ1) is 12.0. The zero-order chi connectivity index (χ0) is 18.0. The fourth-order valence-electron chi connectivity index (χ4n) is 2.76. The summed E-state index contributed by atoms with van der Waals surface area (Å²) in [6.07, 6.45) is 2.92. The Balaban J connectivity index is 1.94. The fraction of sp³-hybridized carbons (Fsp3) is 0.421. The number of hydrogen-bond donors (Lipinski definition) is 0. The SMILES string of the molecule is CCCc1nc(CC)sc1Oc1c(C)cc(-c2noc(C)n2)cc1C. The van der Waals surface area contributed by atoms with E-state index < -0.39 is 0 Å². The van der Waals surface area contributed by atoms with Gasteiger partial charge < -0.3 is 9.26 Å². The minimum atomic E-state index is 0.562. The van der Waals surface area contributed by atoms with Crippen LogP contribution in [0.3, 0.4) is 0 Å². The van der Waals surface area contributed by atoms with Gasteiger partial charge in [0.1, 0.15) is 5.75 Å². The van der Waals surface area contributed by atoms with E-state index in [1.807, 2.05) is 26.0 Å². The van der Waals surface area contributed by atoms with Crippen LogP contribution < -0.4 is 4.74 Å². The van der Waals surface area contributed by atoms with Crippen LogP contribution in [-0.4, -0.2) is 15.1 Å². The first-order valence-electron chi connectivity index (χ1n) is 8.60. The maximum absolute atomic E-state index is 6.29. The van der Waals surface area contributed by atoms with E-state index in [0.29, 0.717) is 11.7 Å². The van der Waals surface area contributed by atoms with E-state index >= 15 is 0 Å². The number of benzene rings is 1. The topological polar surface area (TPSA) is 61.0 Å². The number of aromatic nitrogens is 3. The van der Waals surface area contributed by atoms with Crippen LogP contribution in [0.25, 0.3) is 11.4 Å². The van der Waals surface area contributed by atoms with Gasteiger partial charge in [0, 0.05) is 12.5 Å². The average Bonchev–Trinajstić information content (AvgIpc) is 3.17. The molecule has 6 heteroatoms. The zero-order valence-electron chi connectivity index (χ0n) is 15.3. The molecule has 0 amide bonds. The Morgan fingerprint density at radius 2 is 1.80 bits per heavy atom. The standard InChI is InChI=1S/C19H23N3O2S/c1-6-8-15-19(25-16(7-2)21-15)23-17-11(3)9-14(10-12(17)4)18-20-13(5)24-22-18/h9-10H,6-8H2,1-5H3. The highest BCUT2D eigenvalue weighted by atomic mass is 32.1. The first-order valence-corrected chi connectivity index (χ1v) is 9.41. The molecule has 2 aromatic heterocycles. The molecular formula is C19H23N3O2S. The van der Waals surface area contributed by atoms with Crippen LogP contribution >= 0.6 is 11.3 Å². The Bertz CT molecular complexity index is 860. The maximum Gasteiger partial charge on any atom is 0.223 e. The second kappa shape index (κ2) is 7.35. The van der Waals surface area contributed by atoms with Crippen molar-refractivity contribution in [1.82, 2.24) is 15.1 Å². The van der Waals surface area contributed by atoms with Crippen LogP contribution in [0, 0.1) is 20.8 Å². The van der Waals surface area contributed by atoms with Crippen LogP contribution in [0.2, 0.25) is 0 Å². The summed E-state index contributed by atoms with van der Waals surface area (Å²) in [6.45, 7) is 10.2. The molecule has 5 nitrogen and oxygen atoms in total. The van der Waals surface area contributed by atoms with Crippen LogP contribution in [-0.2, 0) is 12.8 Å². The van der Waals surface area contributed by atoms with Gasteiger partial charge in [-0.25, -0.2) is 4.98 Å². The van der Waals surface area contributed by atoms with Crippen molar-refractivity contribution in [3.8, 4) is 22.2 Å². The molecule has 0 aliphatic heterocycles. The molecule has 0 radical (unpaired) electrons. The van der Waals surface area contributed by atoms with Crippen molar-refractivity contribution in [1.29, 1.82) is 0 Å². The summed E-state index contributed by atoms with van der Waals surface area (Å²) in [6, 6.07) is 4.07. The molecule has 25 heavy (non-hydrogen) atoms. The van der Waals surface area contributed by atoms with Crippen molar-refractivity contribution in [3.05, 3.63) is 39.9 Å². The van der Waals surface area contributed by atoms with Gasteiger partial charge >= 0.3 is 0 Å². The summed E-state index contributed by atoms with van der Waals surface area (Å²) in [4.78, 5) is 9.01. The lowest BCUT2D eigenvalue weighted by Crippen LogP contribution is -1.95. The largest absolute Gasteiger partial charge is 0.444 e. The number of nitrogens with zero attached hydrogens (tertiary/aromatic N) is 3. The molecule has 1 aromatic carbocycles. The van der Waals surface area contributed by atoms with E-state index in [0.717, 1.165) is 57.5 Å². The molecule has 0 aliphatic rings. The van der Waals surface area contributed by atoms with E-state index in [-0.39, 0.29) is 0 Å². The quantitative estimate of drug-likeness (QED) is 0.589. The van der Waals surface area contributed by atoms with Crippen molar-refractivity contribution >= 4 is 11.3 Å². The number of aryl methyl sites for hydroxylation is 5. The predicted octanol–water partition coefficient (Wildman–Crippen LogP) is 5.43. The average molecular weight is 357 g/mol. The van der Waals surface area contributed by atoms with E-state index in [4.69, 9.17) is 14.2 Å². The molecule has 0 unspecified atom stereocenters. The molecule has 0 atom stereocenters. The lowest BCUT2D eigenvalue weighted by atomic mass is 10.1. The molecule has 0 N–H and O–H groups in total. The summed E-state index contributed by atoms with van der Waals surface area (Å²) in [5, 5.41) is 6.03. The monoisotopic (exact) mass is 357 g/mol. The van der Waals surface area contributed by atoms with E-state index in [1.165, 1.54) is 0 Å². The molecule has 0 saturated heterocycles. The number of ether oxygens (including phenoxy) is 1. The van der Waals surface area contributed by atoms with Crippen molar-refractivity contribution in [2.75, 3.05) is 0 Å². The van der Waals surface area contributed by atoms with Crippen molar-refractivity contribution in [2.45, 2.75) is 53.9 Å². The molecule has 2 heterocycles. The first kappa shape index (κ1) is 17.6. The van der Waals surface area contributed by atoms with E-state index in [2.05, 4.69) is 24.0 Å². The van der Waals surface area contributed by atoms with Crippen LogP contribution in [0.1, 0.15) is 48.0 Å². The molecule has 0 spiro atoms. The van der Waals surface area contributed by atoms with E-state index in [9.17, 15) is 0 Å². The van der Waals surface area contributed by atoms with Gasteiger partial charge in [-0.3, -0.25) is 0 Å². The minimum Gasteiger partial charge on any atom is -0.444 e. The van der Waals surface area contributed by atoms with Gasteiger partial charge in [0.25, 0.3) is 0 Å². The summed E-state index contributed by atoms with van der Waals surface area (Å²) in [5.74, 6) is 2.05. The van der Waals surface area contributed by atoms with Gasteiger partial charge in [-0.2, -0.15) is 4.98 Å². The molecule has 3 rings (SSSR count). The third kappa shape index (κ3) is 3.74. The predicted molar refractivity (Wildman–Crippen MR) is 99.5 cm³/mol. The highest BCUT2D eigenvalue weighted by Crippen LogP contribution is 2.37. The smallest absolute Gasteiger partial charge is 0.223 e. The maximum atomic E-state index is 6.29. The number of thiazole rings is 1. The lowest BCUT2D eigenvalue weighted by molar-refractivity contribution is 0.394. The Morgan fingerprint density at radius 3 is 2.36 bits per heavy atom. The summed E-state index contributed by atoms with van der Waals surface area (Å²) in [5.41, 5.74) is 4.09. The molecule has 132 valence electrons. The van der Waals surface area contributed by atoms with Gasteiger partial charge in [-0.1, -0.05) is 36.8 Å². The molecule has 0 fully saturated rings. The third-order valence-electron chi connectivity index (χ3n) is 3.94. The fourth-order valence-corrected chi connectivity index (χ4v) is 3.66. The Kier molecular flexibility index (Phi) is 5.18. The number of rotatable bonds is 6.